The van der Waals surface area contributed by atoms with Crippen molar-refractivity contribution in [3.8, 4) is 0 Å². The summed E-state index contributed by atoms with van der Waals surface area (Å²) >= 11 is 5.62. The smallest absolute Gasteiger partial charge is 0.329 e. The molecule has 0 saturated heterocycles. The molecule has 8 heteroatoms. The molecule has 1 fully saturated rings. The van der Waals surface area contributed by atoms with Gasteiger partial charge in [-0.1, -0.05) is 11.6 Å². The number of carboxylic acids is 1. The molecule has 1 aromatic carbocycles. The second kappa shape index (κ2) is 5.24. The third kappa shape index (κ3) is 2.67. The first-order valence-corrected chi connectivity index (χ1v) is 6.19. The van der Waals surface area contributed by atoms with Crippen LogP contribution in [0.1, 0.15) is 19.3 Å². The molecular weight excluding hydrogens is 294 g/mol. The number of halogens is 3. The maximum atomic E-state index is 13.5. The summed E-state index contributed by atoms with van der Waals surface area (Å²) in [5.74, 6) is -3.06. The summed E-state index contributed by atoms with van der Waals surface area (Å²) < 4.78 is 26.3. The first-order valence-electron chi connectivity index (χ1n) is 5.81. The topological polar surface area (TPSA) is 78.4 Å². The third-order valence-electron chi connectivity index (χ3n) is 3.21. The highest BCUT2D eigenvalue weighted by Gasteiger charge is 2.45. The molecule has 2 rings (SSSR count). The van der Waals surface area contributed by atoms with E-state index in [1.165, 1.54) is 0 Å². The van der Waals surface area contributed by atoms with Gasteiger partial charge in [-0.2, -0.15) is 0 Å². The van der Waals surface area contributed by atoms with Gasteiger partial charge in [0.1, 0.15) is 11.4 Å². The minimum atomic E-state index is -1.33. The molecule has 0 aliphatic heterocycles. The molecule has 0 spiro atoms. The van der Waals surface area contributed by atoms with Gasteiger partial charge in [-0.15, -0.1) is 0 Å². The molecule has 108 valence electrons. The largest absolute Gasteiger partial charge is 0.480 e. The van der Waals surface area contributed by atoms with Gasteiger partial charge in [0.2, 0.25) is 0 Å². The van der Waals surface area contributed by atoms with Crippen molar-refractivity contribution < 1.29 is 23.5 Å². The Hall–Kier alpha value is -1.89. The quantitative estimate of drug-likeness (QED) is 0.803. The predicted octanol–water partition coefficient (Wildman–Crippen LogP) is 2.75. The standard InChI is InChI=1S/C12H11ClF2N2O3/c13-7-4-6(14)5-8(15)9(7)16-11(20)17-12(10(18)19)2-1-3-12/h4-5H,1-3H2,(H,18,19)(H2,16,17,20). The van der Waals surface area contributed by atoms with Gasteiger partial charge in [0.05, 0.1) is 10.7 Å². The van der Waals surface area contributed by atoms with Crippen molar-refractivity contribution in [2.24, 2.45) is 0 Å². The molecule has 2 amide bonds. The van der Waals surface area contributed by atoms with Crippen molar-refractivity contribution in [2.75, 3.05) is 5.32 Å². The number of rotatable bonds is 3. The van der Waals surface area contributed by atoms with E-state index in [0.717, 1.165) is 6.07 Å². The van der Waals surface area contributed by atoms with E-state index in [0.29, 0.717) is 25.3 Å². The van der Waals surface area contributed by atoms with Crippen LogP contribution in [0.3, 0.4) is 0 Å². The maximum absolute atomic E-state index is 13.5. The average molecular weight is 305 g/mol. The van der Waals surface area contributed by atoms with Crippen LogP contribution in [0.2, 0.25) is 5.02 Å². The van der Waals surface area contributed by atoms with Crippen LogP contribution in [0.25, 0.3) is 0 Å². The fraction of sp³-hybridized carbons (Fsp3) is 0.333. The van der Waals surface area contributed by atoms with Crippen molar-refractivity contribution in [1.29, 1.82) is 0 Å². The zero-order chi connectivity index (χ0) is 14.9. The van der Waals surface area contributed by atoms with Gasteiger partial charge >= 0.3 is 12.0 Å². The second-order valence-corrected chi connectivity index (χ2v) is 4.97. The van der Waals surface area contributed by atoms with Gasteiger partial charge in [-0.05, 0) is 25.3 Å². The Kier molecular flexibility index (Phi) is 3.80. The Morgan fingerprint density at radius 1 is 1.30 bits per heavy atom. The molecule has 0 bridgehead atoms. The lowest BCUT2D eigenvalue weighted by Gasteiger charge is -2.38. The maximum Gasteiger partial charge on any atom is 0.329 e. The lowest BCUT2D eigenvalue weighted by atomic mass is 9.77. The van der Waals surface area contributed by atoms with Gasteiger partial charge in [-0.3, -0.25) is 0 Å². The highest BCUT2D eigenvalue weighted by Crippen LogP contribution is 2.32. The Balaban J connectivity index is 2.11. The Labute approximate surface area is 117 Å². The van der Waals surface area contributed by atoms with E-state index in [1.807, 2.05) is 0 Å². The number of hydrogen-bond donors (Lipinski definition) is 3. The lowest BCUT2D eigenvalue weighted by Crippen LogP contribution is -2.60. The molecule has 5 nitrogen and oxygen atoms in total. The predicted molar refractivity (Wildman–Crippen MR) is 67.7 cm³/mol. The summed E-state index contributed by atoms with van der Waals surface area (Å²) in [7, 11) is 0. The molecule has 1 aliphatic rings. The SMILES string of the molecule is O=C(Nc1c(F)cc(F)cc1Cl)NC1(C(=O)O)CCC1. The van der Waals surface area contributed by atoms with E-state index in [9.17, 15) is 18.4 Å². The zero-order valence-corrected chi connectivity index (χ0v) is 10.9. The number of anilines is 1. The van der Waals surface area contributed by atoms with E-state index in [4.69, 9.17) is 16.7 Å². The van der Waals surface area contributed by atoms with Gasteiger partial charge in [0.25, 0.3) is 0 Å². The van der Waals surface area contributed by atoms with Gasteiger partial charge in [0.15, 0.2) is 5.82 Å². The molecular formula is C12H11ClF2N2O3. The van der Waals surface area contributed by atoms with Crippen molar-refractivity contribution in [1.82, 2.24) is 5.32 Å². The van der Waals surface area contributed by atoms with Crippen molar-refractivity contribution in [3.63, 3.8) is 0 Å². The molecule has 20 heavy (non-hydrogen) atoms. The van der Waals surface area contributed by atoms with Crippen LogP contribution in [-0.2, 0) is 4.79 Å². The van der Waals surface area contributed by atoms with Crippen LogP contribution in [-0.4, -0.2) is 22.6 Å². The number of aliphatic carboxylic acids is 1. The molecule has 1 aromatic rings. The van der Waals surface area contributed by atoms with Crippen LogP contribution in [0.4, 0.5) is 19.3 Å². The number of carbonyl (C=O) groups is 2. The summed E-state index contributed by atoms with van der Waals surface area (Å²) in [6, 6.07) is 0.508. The molecule has 3 N–H and O–H groups in total. The zero-order valence-electron chi connectivity index (χ0n) is 10.2. The van der Waals surface area contributed by atoms with Crippen LogP contribution >= 0.6 is 11.6 Å². The molecule has 1 saturated carbocycles. The molecule has 1 aliphatic carbocycles. The number of amides is 2. The first-order chi connectivity index (χ1) is 9.34. The molecule has 0 radical (unpaired) electrons. The summed E-state index contributed by atoms with van der Waals surface area (Å²) in [6.45, 7) is 0. The monoisotopic (exact) mass is 304 g/mol. The van der Waals surface area contributed by atoms with Gasteiger partial charge in [0, 0.05) is 6.07 Å². The summed E-state index contributed by atoms with van der Waals surface area (Å²) in [5, 5.41) is 13.1. The Morgan fingerprint density at radius 2 is 1.95 bits per heavy atom. The van der Waals surface area contributed by atoms with Crippen LogP contribution < -0.4 is 10.6 Å². The van der Waals surface area contributed by atoms with Crippen molar-refractivity contribution in [2.45, 2.75) is 24.8 Å². The number of urea groups is 1. The van der Waals surface area contributed by atoms with E-state index in [2.05, 4.69) is 10.6 Å². The minimum absolute atomic E-state index is 0.301. The van der Waals surface area contributed by atoms with Crippen LogP contribution in [0.15, 0.2) is 12.1 Å². The molecule has 0 aromatic heterocycles. The third-order valence-corrected chi connectivity index (χ3v) is 3.51. The number of carbonyl (C=O) groups excluding carboxylic acids is 1. The normalized spacial score (nSPS) is 16.1. The average Bonchev–Trinajstić information content (AvgIpc) is 2.28. The summed E-state index contributed by atoms with van der Waals surface area (Å²) in [5.41, 5.74) is -1.72. The van der Waals surface area contributed by atoms with E-state index < -0.39 is 34.9 Å². The lowest BCUT2D eigenvalue weighted by molar-refractivity contribution is -0.148. The number of nitrogens with one attached hydrogen (secondary N) is 2. The van der Waals surface area contributed by atoms with E-state index >= 15 is 0 Å². The summed E-state index contributed by atoms with van der Waals surface area (Å²) in [4.78, 5) is 22.8. The van der Waals surface area contributed by atoms with Gasteiger partial charge < -0.3 is 15.7 Å². The number of hydrogen-bond acceptors (Lipinski definition) is 2. The molecule has 0 unspecified atom stereocenters. The fourth-order valence-electron chi connectivity index (χ4n) is 1.95. The van der Waals surface area contributed by atoms with Crippen molar-refractivity contribution >= 4 is 29.3 Å². The fourth-order valence-corrected chi connectivity index (χ4v) is 2.19. The van der Waals surface area contributed by atoms with Crippen molar-refractivity contribution in [3.05, 3.63) is 28.8 Å². The highest BCUT2D eigenvalue weighted by molar-refractivity contribution is 6.33. The molecule has 0 heterocycles. The summed E-state index contributed by atoms with van der Waals surface area (Å²) in [6.07, 6.45) is 1.28. The second-order valence-electron chi connectivity index (χ2n) is 4.56. The van der Waals surface area contributed by atoms with Crippen LogP contribution in [0.5, 0.6) is 0 Å². The van der Waals surface area contributed by atoms with E-state index in [-0.39, 0.29) is 5.02 Å². The highest BCUT2D eigenvalue weighted by atomic mass is 35.5. The molecule has 0 atom stereocenters. The Bertz CT molecular complexity index is 553. The van der Waals surface area contributed by atoms with E-state index in [1.54, 1.807) is 0 Å². The Morgan fingerprint density at radius 3 is 2.40 bits per heavy atom. The number of benzene rings is 1. The number of carboxylic acid groups (broad SMARTS) is 1. The van der Waals surface area contributed by atoms with Gasteiger partial charge in [-0.25, -0.2) is 18.4 Å². The minimum Gasteiger partial charge on any atom is -0.480 e. The first kappa shape index (κ1) is 14.5. The van der Waals surface area contributed by atoms with Crippen LogP contribution in [0, 0.1) is 11.6 Å².